The number of ether oxygens (including phenoxy) is 2. The number of hydrogen-bond donors (Lipinski definition) is 1. The molecule has 4 aliphatic rings. The number of likely N-dealkylation sites (tertiary alicyclic amines) is 1. The standard InChI is InChI=1S/C30H30N2O7/c1-30-20(27(35)32(29(30)37)15-8-6-5-7-9-15)14-19-17(10-11-18-23(19)28(36)31(2)26(18)34)25(30)24-21(38-3)12-16(33)13-22(24)39-4/h5-10,12-13,18-20,23,25,33H,11,14H2,1-4H3. The number of rotatable bonds is 4. The SMILES string of the molecule is COc1cc(O)cc(OC)c1C1C2=CCC3C(=O)N(C)C(=O)C3C2CC2C(=O)N(c3ccccc3)C(=O)C21C. The molecule has 0 bridgehead atoms. The van der Waals surface area contributed by atoms with Gasteiger partial charge in [0.05, 0.1) is 43.1 Å². The number of carbonyl (C=O) groups excluding carboxylic acids is 4. The van der Waals surface area contributed by atoms with Gasteiger partial charge in [0, 0.05) is 30.7 Å². The van der Waals surface area contributed by atoms with Gasteiger partial charge >= 0.3 is 0 Å². The molecular weight excluding hydrogens is 500 g/mol. The molecular formula is C30H30N2O7. The highest BCUT2D eigenvalue weighted by molar-refractivity contribution is 6.24. The first-order valence-corrected chi connectivity index (χ1v) is 13.0. The van der Waals surface area contributed by atoms with Crippen LogP contribution in [0.1, 0.15) is 31.2 Å². The highest BCUT2D eigenvalue weighted by atomic mass is 16.5. The van der Waals surface area contributed by atoms with Crippen molar-refractivity contribution < 1.29 is 33.8 Å². The van der Waals surface area contributed by atoms with Gasteiger partial charge < -0.3 is 14.6 Å². The van der Waals surface area contributed by atoms with Gasteiger partial charge in [-0.1, -0.05) is 29.8 Å². The van der Waals surface area contributed by atoms with Crippen molar-refractivity contribution in [1.82, 2.24) is 4.90 Å². The molecule has 9 heteroatoms. The second kappa shape index (κ2) is 8.69. The van der Waals surface area contributed by atoms with Crippen LogP contribution in [0.5, 0.6) is 17.2 Å². The molecule has 3 fully saturated rings. The van der Waals surface area contributed by atoms with Crippen molar-refractivity contribution in [3.05, 3.63) is 59.7 Å². The lowest BCUT2D eigenvalue weighted by Gasteiger charge is -2.49. The molecule has 9 nitrogen and oxygen atoms in total. The van der Waals surface area contributed by atoms with E-state index in [1.165, 1.54) is 43.2 Å². The van der Waals surface area contributed by atoms with Crippen molar-refractivity contribution in [3.63, 3.8) is 0 Å². The summed E-state index contributed by atoms with van der Waals surface area (Å²) in [4.78, 5) is 57.3. The fourth-order valence-corrected chi connectivity index (χ4v) is 7.51. The molecule has 2 saturated heterocycles. The van der Waals surface area contributed by atoms with Crippen LogP contribution >= 0.6 is 0 Å². The fourth-order valence-electron chi connectivity index (χ4n) is 7.51. The normalized spacial score (nSPS) is 31.6. The van der Waals surface area contributed by atoms with E-state index in [9.17, 15) is 24.3 Å². The maximum atomic E-state index is 14.4. The lowest BCUT2D eigenvalue weighted by atomic mass is 9.51. The number of methoxy groups -OCH3 is 2. The Kier molecular flexibility index (Phi) is 5.61. The van der Waals surface area contributed by atoms with Crippen molar-refractivity contribution in [2.24, 2.45) is 29.1 Å². The summed E-state index contributed by atoms with van der Waals surface area (Å²) < 4.78 is 11.4. The molecule has 6 rings (SSSR count). The van der Waals surface area contributed by atoms with Crippen molar-refractivity contribution in [2.75, 3.05) is 26.2 Å². The number of phenols is 1. The average molecular weight is 531 g/mol. The fraction of sp³-hybridized carbons (Fsp3) is 0.400. The van der Waals surface area contributed by atoms with Crippen molar-refractivity contribution >= 4 is 29.3 Å². The number of phenolic OH excluding ortho intramolecular Hbond substituents is 1. The summed E-state index contributed by atoms with van der Waals surface area (Å²) in [5.41, 5.74) is 0.593. The summed E-state index contributed by atoms with van der Waals surface area (Å²) in [5.74, 6) is -3.61. The Balaban J connectivity index is 1.61. The molecule has 6 atom stereocenters. The molecule has 6 unspecified atom stereocenters. The van der Waals surface area contributed by atoms with E-state index >= 15 is 0 Å². The molecule has 0 spiro atoms. The smallest absolute Gasteiger partial charge is 0.241 e. The van der Waals surface area contributed by atoms with Crippen LogP contribution in [-0.4, -0.2) is 54.9 Å². The zero-order valence-corrected chi connectivity index (χ0v) is 22.2. The molecule has 0 radical (unpaired) electrons. The van der Waals surface area contributed by atoms with E-state index in [2.05, 4.69) is 0 Å². The average Bonchev–Trinajstić information content (AvgIpc) is 3.28. The molecule has 39 heavy (non-hydrogen) atoms. The van der Waals surface area contributed by atoms with Gasteiger partial charge in [-0.05, 0) is 37.8 Å². The number of carbonyl (C=O) groups is 4. The van der Waals surface area contributed by atoms with Gasteiger partial charge in [-0.2, -0.15) is 0 Å². The highest BCUT2D eigenvalue weighted by Gasteiger charge is 2.68. The summed E-state index contributed by atoms with van der Waals surface area (Å²) in [6, 6.07) is 11.7. The number of imide groups is 2. The number of benzene rings is 2. The molecule has 2 aromatic carbocycles. The predicted molar refractivity (Wildman–Crippen MR) is 140 cm³/mol. The Morgan fingerprint density at radius 2 is 1.56 bits per heavy atom. The van der Waals surface area contributed by atoms with E-state index in [-0.39, 0.29) is 35.8 Å². The lowest BCUT2D eigenvalue weighted by molar-refractivity contribution is -0.138. The van der Waals surface area contributed by atoms with Crippen LogP contribution < -0.4 is 14.4 Å². The maximum absolute atomic E-state index is 14.4. The quantitative estimate of drug-likeness (QED) is 0.477. The van der Waals surface area contributed by atoms with Gasteiger partial charge in [0.25, 0.3) is 0 Å². The van der Waals surface area contributed by atoms with Crippen LogP contribution in [0.4, 0.5) is 5.69 Å². The van der Waals surface area contributed by atoms with Gasteiger partial charge in [-0.25, -0.2) is 4.90 Å². The van der Waals surface area contributed by atoms with Crippen molar-refractivity contribution in [3.8, 4) is 17.2 Å². The summed E-state index contributed by atoms with van der Waals surface area (Å²) >= 11 is 0. The molecule has 2 aromatic rings. The molecule has 2 aliphatic carbocycles. The van der Waals surface area contributed by atoms with Gasteiger partial charge in [0.2, 0.25) is 23.6 Å². The van der Waals surface area contributed by atoms with Crippen LogP contribution in [0.15, 0.2) is 54.1 Å². The first-order valence-electron chi connectivity index (χ1n) is 13.0. The number of aromatic hydroxyl groups is 1. The van der Waals surface area contributed by atoms with Crippen LogP contribution in [0.3, 0.4) is 0 Å². The second-order valence-electron chi connectivity index (χ2n) is 11.0. The molecule has 1 N–H and O–H groups in total. The van der Waals surface area contributed by atoms with Crippen molar-refractivity contribution in [1.29, 1.82) is 0 Å². The lowest BCUT2D eigenvalue weighted by Crippen LogP contribution is -2.49. The number of fused-ring (bicyclic) bond motifs is 4. The van der Waals surface area contributed by atoms with Crippen LogP contribution in [-0.2, 0) is 19.2 Å². The van der Waals surface area contributed by atoms with Gasteiger partial charge in [-0.3, -0.25) is 24.1 Å². The maximum Gasteiger partial charge on any atom is 0.241 e. The van der Waals surface area contributed by atoms with E-state index in [0.29, 0.717) is 29.2 Å². The molecule has 4 amide bonds. The largest absolute Gasteiger partial charge is 0.508 e. The molecule has 0 aromatic heterocycles. The van der Waals surface area contributed by atoms with E-state index in [4.69, 9.17) is 9.47 Å². The van der Waals surface area contributed by atoms with Crippen molar-refractivity contribution in [2.45, 2.75) is 25.7 Å². The minimum atomic E-state index is -1.24. The summed E-state index contributed by atoms with van der Waals surface area (Å²) in [6.45, 7) is 1.80. The van der Waals surface area contributed by atoms with Crippen LogP contribution in [0.2, 0.25) is 0 Å². The van der Waals surface area contributed by atoms with E-state index in [1.54, 1.807) is 31.2 Å². The number of para-hydroxylation sites is 1. The van der Waals surface area contributed by atoms with E-state index in [0.717, 1.165) is 5.57 Å². The van der Waals surface area contributed by atoms with Crippen LogP contribution in [0.25, 0.3) is 0 Å². The first-order chi connectivity index (χ1) is 18.6. The summed E-state index contributed by atoms with van der Waals surface area (Å²) in [7, 11) is 4.44. The second-order valence-corrected chi connectivity index (χ2v) is 11.0. The Morgan fingerprint density at radius 1 is 0.923 bits per heavy atom. The van der Waals surface area contributed by atoms with Gasteiger partial charge in [0.1, 0.15) is 17.2 Å². The van der Waals surface area contributed by atoms with E-state index in [1.807, 2.05) is 12.1 Å². The summed E-state index contributed by atoms with van der Waals surface area (Å²) in [5, 5.41) is 10.4. The Morgan fingerprint density at radius 3 is 2.18 bits per heavy atom. The molecule has 202 valence electrons. The minimum absolute atomic E-state index is 0.0721. The Labute approximate surface area is 226 Å². The number of nitrogens with zero attached hydrogens (tertiary/aromatic N) is 2. The number of amides is 4. The highest BCUT2D eigenvalue weighted by Crippen LogP contribution is 2.65. The van der Waals surface area contributed by atoms with Gasteiger partial charge in [0.15, 0.2) is 0 Å². The predicted octanol–water partition coefficient (Wildman–Crippen LogP) is 3.27. The zero-order valence-electron chi connectivity index (χ0n) is 22.2. The topological polar surface area (TPSA) is 113 Å². The first kappa shape index (κ1) is 25.2. The third-order valence-corrected chi connectivity index (χ3v) is 9.33. The number of anilines is 1. The minimum Gasteiger partial charge on any atom is -0.508 e. The summed E-state index contributed by atoms with van der Waals surface area (Å²) in [6.07, 6.45) is 2.59. The molecule has 1 saturated carbocycles. The third kappa shape index (κ3) is 3.25. The third-order valence-electron chi connectivity index (χ3n) is 9.33. The number of allylic oxidation sites excluding steroid dienone is 2. The number of hydrogen-bond acceptors (Lipinski definition) is 7. The Hall–Kier alpha value is -4.14. The van der Waals surface area contributed by atoms with Crippen LogP contribution in [0, 0.1) is 29.1 Å². The molecule has 2 heterocycles. The van der Waals surface area contributed by atoms with E-state index < -0.39 is 35.0 Å². The monoisotopic (exact) mass is 530 g/mol. The molecule has 2 aliphatic heterocycles. The Bertz CT molecular complexity index is 1430. The zero-order chi connectivity index (χ0) is 27.8. The van der Waals surface area contributed by atoms with Gasteiger partial charge in [-0.15, -0.1) is 0 Å².